The van der Waals surface area contributed by atoms with Gasteiger partial charge in [-0.05, 0) is 38.0 Å². The quantitative estimate of drug-likeness (QED) is 0.669. The number of carbonyl (C=O) groups is 1. The second-order valence-electron chi connectivity index (χ2n) is 6.35. The molecule has 0 aliphatic carbocycles. The molecule has 0 saturated carbocycles. The molecular formula is C18H22ClF2N5O. The third kappa shape index (κ3) is 4.33. The standard InChI is InChI=1S/C18H21F2N5O.ClH/c1-11-13(7-8-16(26)22-10-18(19,20)9-21)12(2)25-17(23-11)14-5-3-4-6-15(14)24-25;/h3-6H,7-10,21H2,1-2H3,(H,22,26);1H. The summed E-state index contributed by atoms with van der Waals surface area (Å²) in [7, 11) is 0. The molecule has 9 heteroatoms. The zero-order valence-electron chi connectivity index (χ0n) is 15.1. The normalized spacial score (nSPS) is 11.6. The van der Waals surface area contributed by atoms with Crippen molar-refractivity contribution in [2.75, 3.05) is 13.1 Å². The van der Waals surface area contributed by atoms with Crippen LogP contribution >= 0.6 is 12.4 Å². The molecule has 3 aromatic rings. The van der Waals surface area contributed by atoms with E-state index in [-0.39, 0.29) is 18.8 Å². The van der Waals surface area contributed by atoms with Crippen molar-refractivity contribution in [2.24, 2.45) is 5.73 Å². The smallest absolute Gasteiger partial charge is 0.277 e. The molecule has 0 aliphatic rings. The zero-order chi connectivity index (χ0) is 18.9. The molecular weight excluding hydrogens is 376 g/mol. The van der Waals surface area contributed by atoms with Crippen LogP contribution in [0.15, 0.2) is 24.3 Å². The molecule has 1 amide bonds. The summed E-state index contributed by atoms with van der Waals surface area (Å²) in [6.45, 7) is 2.26. The van der Waals surface area contributed by atoms with Gasteiger partial charge >= 0.3 is 0 Å². The Balaban J connectivity index is 0.00000261. The summed E-state index contributed by atoms with van der Waals surface area (Å²) in [4.78, 5) is 16.5. The van der Waals surface area contributed by atoms with E-state index in [9.17, 15) is 13.6 Å². The molecule has 0 fully saturated rings. The van der Waals surface area contributed by atoms with Crippen molar-refractivity contribution in [3.63, 3.8) is 0 Å². The van der Waals surface area contributed by atoms with Crippen molar-refractivity contribution < 1.29 is 13.6 Å². The average Bonchev–Trinajstić information content (AvgIpc) is 2.99. The van der Waals surface area contributed by atoms with Crippen molar-refractivity contribution in [1.82, 2.24) is 19.9 Å². The first kappa shape index (κ1) is 21.0. The monoisotopic (exact) mass is 397 g/mol. The van der Waals surface area contributed by atoms with Crippen molar-refractivity contribution in [1.29, 1.82) is 0 Å². The molecule has 0 bridgehead atoms. The van der Waals surface area contributed by atoms with Gasteiger partial charge in [-0.15, -0.1) is 12.4 Å². The lowest BCUT2D eigenvalue weighted by Crippen LogP contribution is -2.41. The molecule has 0 unspecified atom stereocenters. The van der Waals surface area contributed by atoms with E-state index in [0.29, 0.717) is 6.42 Å². The Morgan fingerprint density at radius 3 is 2.70 bits per heavy atom. The highest BCUT2D eigenvalue weighted by Crippen LogP contribution is 2.22. The van der Waals surface area contributed by atoms with E-state index >= 15 is 0 Å². The fraction of sp³-hybridized carbons (Fsp3) is 0.389. The van der Waals surface area contributed by atoms with Crippen LogP contribution in [0.25, 0.3) is 16.6 Å². The van der Waals surface area contributed by atoms with Crippen LogP contribution in [0, 0.1) is 13.8 Å². The highest BCUT2D eigenvalue weighted by molar-refractivity contribution is 5.92. The van der Waals surface area contributed by atoms with Crippen molar-refractivity contribution in [3.8, 4) is 0 Å². The Labute approximate surface area is 161 Å². The molecule has 0 aliphatic heterocycles. The minimum atomic E-state index is -3.09. The van der Waals surface area contributed by atoms with Crippen molar-refractivity contribution >= 4 is 34.9 Å². The molecule has 0 radical (unpaired) electrons. The molecule has 146 valence electrons. The first-order valence-electron chi connectivity index (χ1n) is 8.40. The summed E-state index contributed by atoms with van der Waals surface area (Å²) in [5.41, 5.74) is 9.17. The summed E-state index contributed by atoms with van der Waals surface area (Å²) >= 11 is 0. The molecule has 27 heavy (non-hydrogen) atoms. The Hall–Kier alpha value is -2.32. The van der Waals surface area contributed by atoms with Gasteiger partial charge in [-0.1, -0.05) is 12.1 Å². The van der Waals surface area contributed by atoms with Crippen molar-refractivity contribution in [2.45, 2.75) is 32.6 Å². The van der Waals surface area contributed by atoms with E-state index in [1.807, 2.05) is 38.1 Å². The molecule has 3 rings (SSSR count). The lowest BCUT2D eigenvalue weighted by Gasteiger charge is -2.15. The summed E-state index contributed by atoms with van der Waals surface area (Å²) in [6, 6.07) is 7.74. The van der Waals surface area contributed by atoms with Gasteiger partial charge in [-0.3, -0.25) is 4.79 Å². The number of carbonyl (C=O) groups excluding carboxylic acids is 1. The van der Waals surface area contributed by atoms with Crippen LogP contribution in [0.1, 0.15) is 23.4 Å². The number of nitrogens with one attached hydrogen (secondary N) is 1. The zero-order valence-corrected chi connectivity index (χ0v) is 15.9. The molecule has 3 N–H and O–H groups in total. The lowest BCUT2D eigenvalue weighted by molar-refractivity contribution is -0.122. The maximum atomic E-state index is 13.1. The van der Waals surface area contributed by atoms with E-state index in [0.717, 1.165) is 33.5 Å². The molecule has 0 spiro atoms. The maximum absolute atomic E-state index is 13.1. The predicted molar refractivity (Wildman–Crippen MR) is 103 cm³/mol. The van der Waals surface area contributed by atoms with Gasteiger partial charge in [0.15, 0.2) is 5.65 Å². The number of hydrogen-bond donors (Lipinski definition) is 2. The number of rotatable bonds is 6. The average molecular weight is 398 g/mol. The molecule has 0 atom stereocenters. The number of benzene rings is 1. The third-order valence-electron chi connectivity index (χ3n) is 4.46. The van der Waals surface area contributed by atoms with E-state index < -0.39 is 24.9 Å². The lowest BCUT2D eigenvalue weighted by atomic mass is 10.1. The van der Waals surface area contributed by atoms with Crippen LogP contribution in [0.4, 0.5) is 8.78 Å². The van der Waals surface area contributed by atoms with Gasteiger partial charge in [-0.2, -0.15) is 5.10 Å². The third-order valence-corrected chi connectivity index (χ3v) is 4.46. The summed E-state index contributed by atoms with van der Waals surface area (Å²) in [5.74, 6) is -3.53. The van der Waals surface area contributed by atoms with E-state index in [2.05, 4.69) is 15.4 Å². The molecule has 0 saturated heterocycles. The Morgan fingerprint density at radius 1 is 1.30 bits per heavy atom. The second kappa shape index (κ2) is 8.14. The van der Waals surface area contributed by atoms with Crippen LogP contribution < -0.4 is 11.1 Å². The van der Waals surface area contributed by atoms with Crippen molar-refractivity contribution in [3.05, 3.63) is 41.2 Å². The van der Waals surface area contributed by atoms with E-state index in [1.165, 1.54) is 0 Å². The van der Waals surface area contributed by atoms with Crippen LogP contribution in [0.5, 0.6) is 0 Å². The second-order valence-corrected chi connectivity index (χ2v) is 6.35. The van der Waals surface area contributed by atoms with Gasteiger partial charge in [0, 0.05) is 23.2 Å². The minimum absolute atomic E-state index is 0. The molecule has 2 aromatic heterocycles. The van der Waals surface area contributed by atoms with Crippen LogP contribution in [0.2, 0.25) is 0 Å². The fourth-order valence-electron chi connectivity index (χ4n) is 2.97. The topological polar surface area (TPSA) is 85.3 Å². The van der Waals surface area contributed by atoms with Crippen LogP contribution in [0.3, 0.4) is 0 Å². The number of nitrogens with two attached hydrogens (primary N) is 1. The minimum Gasteiger partial charge on any atom is -0.350 e. The highest BCUT2D eigenvalue weighted by Gasteiger charge is 2.27. The van der Waals surface area contributed by atoms with Gasteiger partial charge < -0.3 is 11.1 Å². The van der Waals surface area contributed by atoms with Gasteiger partial charge in [0.1, 0.15) is 0 Å². The van der Waals surface area contributed by atoms with Gasteiger partial charge in [-0.25, -0.2) is 18.3 Å². The largest absolute Gasteiger partial charge is 0.350 e. The fourth-order valence-corrected chi connectivity index (χ4v) is 2.97. The predicted octanol–water partition coefficient (Wildman–Crippen LogP) is 2.56. The molecule has 2 heterocycles. The maximum Gasteiger partial charge on any atom is 0.277 e. The van der Waals surface area contributed by atoms with Crippen LogP contribution in [-0.2, 0) is 11.2 Å². The highest BCUT2D eigenvalue weighted by atomic mass is 35.5. The molecule has 1 aromatic carbocycles. The number of aromatic nitrogens is 3. The number of nitrogens with zero attached hydrogens (tertiary/aromatic N) is 3. The first-order valence-corrected chi connectivity index (χ1v) is 8.40. The van der Waals surface area contributed by atoms with Gasteiger partial charge in [0.2, 0.25) is 5.91 Å². The van der Waals surface area contributed by atoms with Gasteiger partial charge in [0.05, 0.1) is 18.6 Å². The number of fused-ring (bicyclic) bond motifs is 3. The van der Waals surface area contributed by atoms with E-state index in [1.54, 1.807) is 4.52 Å². The summed E-state index contributed by atoms with van der Waals surface area (Å²) in [5, 5.41) is 7.76. The first-order chi connectivity index (χ1) is 12.3. The Kier molecular flexibility index (Phi) is 6.33. The van der Waals surface area contributed by atoms with E-state index in [4.69, 9.17) is 5.73 Å². The number of alkyl halides is 2. The SMILES string of the molecule is Cc1nc2c3ccccc3nn2c(C)c1CCC(=O)NCC(F)(F)CN.Cl. The number of amides is 1. The number of hydrogen-bond acceptors (Lipinski definition) is 4. The summed E-state index contributed by atoms with van der Waals surface area (Å²) in [6.07, 6.45) is 0.493. The Bertz CT molecular complexity index is 973. The summed E-state index contributed by atoms with van der Waals surface area (Å²) < 4.78 is 28.0. The van der Waals surface area contributed by atoms with Crippen LogP contribution in [-0.4, -0.2) is 39.5 Å². The van der Waals surface area contributed by atoms with Gasteiger partial charge in [0.25, 0.3) is 5.92 Å². The number of aryl methyl sites for hydroxylation is 2. The Morgan fingerprint density at radius 2 is 2.00 bits per heavy atom. The molecule has 6 nitrogen and oxygen atoms in total. The number of halogens is 3.